The zero-order valence-corrected chi connectivity index (χ0v) is 18.2. The predicted molar refractivity (Wildman–Crippen MR) is 115 cm³/mol. The Hall–Kier alpha value is -3.78. The molecule has 1 aliphatic heterocycles. The lowest BCUT2D eigenvalue weighted by Crippen LogP contribution is -2.28. The van der Waals surface area contributed by atoms with Crippen LogP contribution >= 0.6 is 0 Å². The Morgan fingerprint density at radius 3 is 2.33 bits per heavy atom. The second-order valence-electron chi connectivity index (χ2n) is 6.97. The lowest BCUT2D eigenvalue weighted by Gasteiger charge is -2.16. The van der Waals surface area contributed by atoms with Crippen LogP contribution < -0.4 is 14.8 Å². The number of nitrogens with one attached hydrogen (secondary N) is 1. The van der Waals surface area contributed by atoms with Crippen molar-refractivity contribution in [2.24, 2.45) is 0 Å². The van der Waals surface area contributed by atoms with Crippen LogP contribution in [0.1, 0.15) is 12.8 Å². The maximum Gasteiger partial charge on any atom is 0.312 e. The standard InChI is InChI=1S/C19H20N4O9S/c1-31-13-4-6-15(16(10-13)22(25)26)20-19(24)12-32-18-7-5-14(11-17(18)23(27)28)33(29,30)21-8-2-3-9-21/h4-7,10-11H,2-3,8-9,12H2,1H3,(H,20,24). The second-order valence-corrected chi connectivity index (χ2v) is 8.91. The van der Waals surface area contributed by atoms with Crippen LogP contribution in [-0.4, -0.2) is 55.3 Å². The van der Waals surface area contributed by atoms with Gasteiger partial charge in [-0.05, 0) is 37.1 Å². The lowest BCUT2D eigenvalue weighted by molar-refractivity contribution is -0.386. The van der Waals surface area contributed by atoms with E-state index < -0.39 is 43.8 Å². The quantitative estimate of drug-likeness (QED) is 0.417. The first kappa shape index (κ1) is 23.9. The van der Waals surface area contributed by atoms with Gasteiger partial charge in [-0.25, -0.2) is 8.42 Å². The number of benzene rings is 2. The lowest BCUT2D eigenvalue weighted by atomic mass is 10.2. The van der Waals surface area contributed by atoms with Crippen LogP contribution in [0.3, 0.4) is 0 Å². The van der Waals surface area contributed by atoms with Gasteiger partial charge in [0.25, 0.3) is 11.6 Å². The third kappa shape index (κ3) is 5.35. The number of hydrogen-bond acceptors (Lipinski definition) is 9. The van der Waals surface area contributed by atoms with E-state index in [0.29, 0.717) is 25.9 Å². The van der Waals surface area contributed by atoms with Crippen LogP contribution in [0.25, 0.3) is 0 Å². The van der Waals surface area contributed by atoms with Gasteiger partial charge in [-0.15, -0.1) is 0 Å². The molecule has 0 saturated carbocycles. The number of sulfonamides is 1. The smallest absolute Gasteiger partial charge is 0.312 e. The summed E-state index contributed by atoms with van der Waals surface area (Å²) in [6.45, 7) is -0.0274. The Bertz CT molecular complexity index is 1190. The van der Waals surface area contributed by atoms with Crippen molar-refractivity contribution in [2.45, 2.75) is 17.7 Å². The average molecular weight is 480 g/mol. The summed E-state index contributed by atoms with van der Waals surface area (Å²) in [5.74, 6) is -0.915. The van der Waals surface area contributed by atoms with E-state index in [1.54, 1.807) is 0 Å². The summed E-state index contributed by atoms with van der Waals surface area (Å²) >= 11 is 0. The van der Waals surface area contributed by atoms with Gasteiger partial charge in [0.05, 0.1) is 27.9 Å². The molecule has 0 spiro atoms. The number of nitro groups is 2. The Balaban J connectivity index is 1.75. The van der Waals surface area contributed by atoms with E-state index in [1.165, 1.54) is 29.6 Å². The molecule has 1 saturated heterocycles. The highest BCUT2D eigenvalue weighted by molar-refractivity contribution is 7.89. The largest absolute Gasteiger partial charge is 0.496 e. The van der Waals surface area contributed by atoms with Crippen LogP contribution in [0.5, 0.6) is 11.5 Å². The van der Waals surface area contributed by atoms with Gasteiger partial charge in [0.15, 0.2) is 12.4 Å². The third-order valence-corrected chi connectivity index (χ3v) is 6.76. The van der Waals surface area contributed by atoms with Crippen LogP contribution in [-0.2, 0) is 14.8 Å². The molecule has 14 heteroatoms. The van der Waals surface area contributed by atoms with Crippen LogP contribution in [0.15, 0.2) is 41.3 Å². The van der Waals surface area contributed by atoms with E-state index in [4.69, 9.17) is 9.47 Å². The summed E-state index contributed by atoms with van der Waals surface area (Å²) in [7, 11) is -2.55. The molecule has 13 nitrogen and oxygen atoms in total. The summed E-state index contributed by atoms with van der Waals surface area (Å²) in [5.41, 5.74) is -1.15. The Labute approximate surface area is 188 Å². The zero-order chi connectivity index (χ0) is 24.2. The van der Waals surface area contributed by atoms with Gasteiger partial charge >= 0.3 is 5.69 Å². The van der Waals surface area contributed by atoms with Crippen molar-refractivity contribution < 1.29 is 32.5 Å². The number of carbonyl (C=O) groups is 1. The number of rotatable bonds is 9. The molecule has 2 aromatic carbocycles. The fourth-order valence-corrected chi connectivity index (χ4v) is 4.76. The number of nitro benzene ring substituents is 2. The van der Waals surface area contributed by atoms with Crippen molar-refractivity contribution in [3.05, 3.63) is 56.6 Å². The number of amides is 1. The Morgan fingerprint density at radius 2 is 1.73 bits per heavy atom. The average Bonchev–Trinajstić information content (AvgIpc) is 3.33. The molecule has 33 heavy (non-hydrogen) atoms. The summed E-state index contributed by atoms with van der Waals surface area (Å²) in [6, 6.07) is 6.96. The topological polar surface area (TPSA) is 171 Å². The predicted octanol–water partition coefficient (Wildman–Crippen LogP) is 2.31. The first-order valence-electron chi connectivity index (χ1n) is 9.67. The van der Waals surface area contributed by atoms with Crippen LogP contribution in [0.4, 0.5) is 17.1 Å². The molecule has 0 radical (unpaired) electrons. The maximum atomic E-state index is 12.7. The van der Waals surface area contributed by atoms with Crippen molar-refractivity contribution >= 4 is 33.0 Å². The van der Waals surface area contributed by atoms with E-state index in [9.17, 15) is 33.4 Å². The number of hydrogen-bond donors (Lipinski definition) is 1. The second kappa shape index (κ2) is 9.79. The highest BCUT2D eigenvalue weighted by atomic mass is 32.2. The van der Waals surface area contributed by atoms with Gasteiger partial charge in [-0.2, -0.15) is 4.31 Å². The van der Waals surface area contributed by atoms with Gasteiger partial charge in [0.2, 0.25) is 10.0 Å². The fraction of sp³-hybridized carbons (Fsp3) is 0.316. The molecule has 1 amide bonds. The fourth-order valence-electron chi connectivity index (χ4n) is 3.22. The molecular weight excluding hydrogens is 460 g/mol. The first-order chi connectivity index (χ1) is 15.6. The Morgan fingerprint density at radius 1 is 1.06 bits per heavy atom. The normalized spacial score (nSPS) is 14.0. The van der Waals surface area contributed by atoms with Crippen molar-refractivity contribution in [3.63, 3.8) is 0 Å². The molecule has 0 aromatic heterocycles. The SMILES string of the molecule is COc1ccc(NC(=O)COc2ccc(S(=O)(=O)N3CCCC3)cc2[N+](=O)[O-])c([N+](=O)[O-])c1. The van der Waals surface area contributed by atoms with Gasteiger partial charge in [0, 0.05) is 19.2 Å². The summed E-state index contributed by atoms with van der Waals surface area (Å²) < 4.78 is 36.7. The molecule has 1 heterocycles. The van der Waals surface area contributed by atoms with Crippen LogP contribution in [0, 0.1) is 20.2 Å². The van der Waals surface area contributed by atoms with E-state index in [-0.39, 0.29) is 22.1 Å². The number of carbonyl (C=O) groups excluding carboxylic acids is 1. The molecule has 1 fully saturated rings. The summed E-state index contributed by atoms with van der Waals surface area (Å²) in [6.07, 6.45) is 1.42. The number of ether oxygens (including phenoxy) is 2. The van der Waals surface area contributed by atoms with E-state index in [2.05, 4.69) is 5.32 Å². The van der Waals surface area contributed by atoms with Gasteiger partial charge < -0.3 is 14.8 Å². The number of methoxy groups -OCH3 is 1. The summed E-state index contributed by atoms with van der Waals surface area (Å²) in [5, 5.41) is 25.0. The van der Waals surface area contributed by atoms with E-state index >= 15 is 0 Å². The highest BCUT2D eigenvalue weighted by Gasteiger charge is 2.30. The molecule has 0 bridgehead atoms. The molecule has 1 aliphatic rings. The van der Waals surface area contributed by atoms with Crippen molar-refractivity contribution in [2.75, 3.05) is 32.1 Å². The van der Waals surface area contributed by atoms with E-state index in [0.717, 1.165) is 18.2 Å². The minimum atomic E-state index is -3.88. The minimum absolute atomic E-state index is 0.115. The Kier molecular flexibility index (Phi) is 7.08. The highest BCUT2D eigenvalue weighted by Crippen LogP contribution is 2.32. The van der Waals surface area contributed by atoms with Gasteiger partial charge in [-0.3, -0.25) is 25.0 Å². The molecule has 176 valence electrons. The third-order valence-electron chi connectivity index (χ3n) is 4.86. The molecule has 2 aromatic rings. The molecule has 0 aliphatic carbocycles. The number of nitrogens with zero attached hydrogens (tertiary/aromatic N) is 3. The molecule has 1 N–H and O–H groups in total. The monoisotopic (exact) mass is 480 g/mol. The first-order valence-corrected chi connectivity index (χ1v) is 11.1. The molecule has 0 atom stereocenters. The molecular formula is C19H20N4O9S. The maximum absolute atomic E-state index is 12.7. The van der Waals surface area contributed by atoms with E-state index in [1.807, 2.05) is 0 Å². The van der Waals surface area contributed by atoms with Crippen LogP contribution in [0.2, 0.25) is 0 Å². The summed E-state index contributed by atoms with van der Waals surface area (Å²) in [4.78, 5) is 33.2. The minimum Gasteiger partial charge on any atom is -0.496 e. The van der Waals surface area contributed by atoms with Gasteiger partial charge in [-0.1, -0.05) is 0 Å². The van der Waals surface area contributed by atoms with Crippen molar-refractivity contribution in [1.29, 1.82) is 0 Å². The van der Waals surface area contributed by atoms with Gasteiger partial charge in [0.1, 0.15) is 11.4 Å². The van der Waals surface area contributed by atoms with Crippen molar-refractivity contribution in [3.8, 4) is 11.5 Å². The number of anilines is 1. The molecule has 0 unspecified atom stereocenters. The zero-order valence-electron chi connectivity index (χ0n) is 17.4. The van der Waals surface area contributed by atoms with Crippen molar-refractivity contribution in [1.82, 2.24) is 4.31 Å². The molecule has 3 rings (SSSR count).